The van der Waals surface area contributed by atoms with Crippen molar-refractivity contribution in [2.45, 2.75) is 45.2 Å². The molecule has 0 saturated carbocycles. The van der Waals surface area contributed by atoms with Crippen molar-refractivity contribution in [2.75, 3.05) is 19.6 Å². The molecule has 0 radical (unpaired) electrons. The second-order valence-corrected chi connectivity index (χ2v) is 7.47. The third-order valence-corrected chi connectivity index (χ3v) is 4.69. The number of hydrogen-bond acceptors (Lipinski definition) is 4. The van der Waals surface area contributed by atoms with E-state index >= 15 is 0 Å². The van der Waals surface area contributed by atoms with Gasteiger partial charge in [-0.3, -0.25) is 4.79 Å². The molecule has 1 fully saturated rings. The molecule has 1 saturated heterocycles. The summed E-state index contributed by atoms with van der Waals surface area (Å²) in [5.74, 6) is -0.641. The molecule has 1 amide bonds. The lowest BCUT2D eigenvalue weighted by atomic mass is 10.1. The number of carbonyl (C=O) groups is 1. The van der Waals surface area contributed by atoms with Crippen molar-refractivity contribution in [1.29, 1.82) is 0 Å². The number of hydrogen-bond donors (Lipinski definition) is 3. The van der Waals surface area contributed by atoms with Crippen molar-refractivity contribution in [2.24, 2.45) is 5.73 Å². The molecule has 0 atom stereocenters. The lowest BCUT2D eigenvalue weighted by Gasteiger charge is -2.35. The first-order valence-electron chi connectivity index (χ1n) is 6.41. The first kappa shape index (κ1) is 16.4. The molecular weight excluding hydrogens is 268 g/mol. The number of amides is 1. The Bertz CT molecular complexity index is 410. The molecule has 1 heterocycles. The molecule has 0 unspecified atom stereocenters. The number of primary amides is 1. The van der Waals surface area contributed by atoms with Gasteiger partial charge in [0.2, 0.25) is 5.91 Å². The van der Waals surface area contributed by atoms with E-state index in [1.807, 2.05) is 0 Å². The van der Waals surface area contributed by atoms with Crippen LogP contribution in [0.15, 0.2) is 0 Å². The summed E-state index contributed by atoms with van der Waals surface area (Å²) in [6.45, 7) is 6.48. The van der Waals surface area contributed by atoms with Gasteiger partial charge in [0.1, 0.15) is 0 Å². The zero-order chi connectivity index (χ0) is 14.7. The van der Waals surface area contributed by atoms with Crippen LogP contribution >= 0.6 is 0 Å². The van der Waals surface area contributed by atoms with Crippen LogP contribution < -0.4 is 15.8 Å². The fourth-order valence-electron chi connectivity index (χ4n) is 2.10. The lowest BCUT2D eigenvalue weighted by molar-refractivity contribution is -0.118. The van der Waals surface area contributed by atoms with E-state index in [2.05, 4.69) is 10.0 Å². The Morgan fingerprint density at radius 3 is 2.32 bits per heavy atom. The standard InChI is InChI=1S/C11H24N4O3S/c1-11(2,3)14-19(17,18)15(8-10(12)16)9-4-6-13-7-5-9/h9,13-14H,4-8H2,1-3H3,(H2,12,16). The van der Waals surface area contributed by atoms with Crippen molar-refractivity contribution in [3.8, 4) is 0 Å². The van der Waals surface area contributed by atoms with Crippen molar-refractivity contribution in [3.05, 3.63) is 0 Å². The minimum atomic E-state index is -3.72. The predicted octanol–water partition coefficient (Wildman–Crippen LogP) is -0.841. The summed E-state index contributed by atoms with van der Waals surface area (Å²) in [5.41, 5.74) is 4.58. The normalized spacial score (nSPS) is 18.7. The van der Waals surface area contributed by atoms with Crippen LogP contribution in [0.5, 0.6) is 0 Å². The Balaban J connectivity index is 2.91. The van der Waals surface area contributed by atoms with Crippen LogP contribution in [0.3, 0.4) is 0 Å². The quantitative estimate of drug-likeness (QED) is 0.614. The Kier molecular flexibility index (Phi) is 5.31. The van der Waals surface area contributed by atoms with Crippen LogP contribution in [0.1, 0.15) is 33.6 Å². The average Bonchev–Trinajstić information content (AvgIpc) is 2.23. The molecule has 0 aromatic carbocycles. The average molecular weight is 292 g/mol. The molecule has 7 nitrogen and oxygen atoms in total. The number of rotatable bonds is 5. The molecule has 112 valence electrons. The van der Waals surface area contributed by atoms with Gasteiger partial charge in [-0.1, -0.05) is 0 Å². The maximum absolute atomic E-state index is 12.4. The molecule has 19 heavy (non-hydrogen) atoms. The summed E-state index contributed by atoms with van der Waals surface area (Å²) in [4.78, 5) is 11.1. The molecule has 0 aromatic rings. The molecule has 8 heteroatoms. The van der Waals surface area contributed by atoms with Crippen LogP contribution in [0, 0.1) is 0 Å². The molecular formula is C11H24N4O3S. The molecule has 1 rings (SSSR count). The van der Waals surface area contributed by atoms with Crippen LogP contribution in [-0.4, -0.2) is 49.8 Å². The van der Waals surface area contributed by atoms with Crippen LogP contribution in [-0.2, 0) is 15.0 Å². The minimum absolute atomic E-state index is 0.186. The van der Waals surface area contributed by atoms with Gasteiger partial charge in [0, 0.05) is 11.6 Å². The summed E-state index contributed by atoms with van der Waals surface area (Å²) >= 11 is 0. The van der Waals surface area contributed by atoms with Gasteiger partial charge >= 0.3 is 0 Å². The molecule has 0 bridgehead atoms. The number of nitrogens with zero attached hydrogens (tertiary/aromatic N) is 1. The molecule has 1 aliphatic rings. The van der Waals surface area contributed by atoms with Gasteiger partial charge in [-0.25, -0.2) is 0 Å². The molecule has 1 aliphatic heterocycles. The number of carbonyl (C=O) groups excluding carboxylic acids is 1. The van der Waals surface area contributed by atoms with E-state index in [0.717, 1.165) is 13.1 Å². The first-order chi connectivity index (χ1) is 8.62. The van der Waals surface area contributed by atoms with Gasteiger partial charge in [-0.2, -0.15) is 17.4 Å². The lowest BCUT2D eigenvalue weighted by Crippen LogP contribution is -2.56. The maximum Gasteiger partial charge on any atom is 0.280 e. The van der Waals surface area contributed by atoms with Gasteiger partial charge in [0.15, 0.2) is 0 Å². The highest BCUT2D eigenvalue weighted by atomic mass is 32.2. The zero-order valence-electron chi connectivity index (χ0n) is 11.8. The molecule has 0 aromatic heterocycles. The molecule has 0 spiro atoms. The van der Waals surface area contributed by atoms with E-state index in [4.69, 9.17) is 5.73 Å². The topological polar surface area (TPSA) is 105 Å². The summed E-state index contributed by atoms with van der Waals surface area (Å²) in [5, 5.41) is 3.16. The van der Waals surface area contributed by atoms with E-state index in [0.29, 0.717) is 12.8 Å². The highest BCUT2D eigenvalue weighted by molar-refractivity contribution is 7.87. The van der Waals surface area contributed by atoms with Gasteiger partial charge in [-0.05, 0) is 46.7 Å². The molecule has 4 N–H and O–H groups in total. The van der Waals surface area contributed by atoms with Crippen molar-refractivity contribution in [1.82, 2.24) is 14.3 Å². The predicted molar refractivity (Wildman–Crippen MR) is 73.6 cm³/mol. The zero-order valence-corrected chi connectivity index (χ0v) is 12.6. The van der Waals surface area contributed by atoms with Gasteiger partial charge in [-0.15, -0.1) is 0 Å². The van der Waals surface area contributed by atoms with E-state index in [-0.39, 0.29) is 12.6 Å². The highest BCUT2D eigenvalue weighted by Gasteiger charge is 2.34. The number of piperidine rings is 1. The second-order valence-electron chi connectivity index (χ2n) is 5.85. The Morgan fingerprint density at radius 1 is 1.37 bits per heavy atom. The van der Waals surface area contributed by atoms with Gasteiger partial charge in [0.05, 0.1) is 6.54 Å². The smallest absolute Gasteiger partial charge is 0.280 e. The fraction of sp³-hybridized carbons (Fsp3) is 0.909. The van der Waals surface area contributed by atoms with Crippen LogP contribution in [0.4, 0.5) is 0 Å². The largest absolute Gasteiger partial charge is 0.369 e. The van der Waals surface area contributed by atoms with Crippen LogP contribution in [0.2, 0.25) is 0 Å². The Hall–Kier alpha value is -0.700. The fourth-order valence-corrected chi connectivity index (χ4v) is 3.90. The van der Waals surface area contributed by atoms with Crippen molar-refractivity contribution >= 4 is 16.1 Å². The number of nitrogens with two attached hydrogens (primary N) is 1. The maximum atomic E-state index is 12.4. The second kappa shape index (κ2) is 6.17. The SMILES string of the molecule is CC(C)(C)NS(=O)(=O)N(CC(N)=O)C1CCNCC1. The summed E-state index contributed by atoms with van der Waals surface area (Å²) in [7, 11) is -3.72. The Labute approximate surface area is 115 Å². The van der Waals surface area contributed by atoms with Crippen molar-refractivity contribution < 1.29 is 13.2 Å². The van der Waals surface area contributed by atoms with Crippen molar-refractivity contribution in [3.63, 3.8) is 0 Å². The number of nitrogens with one attached hydrogen (secondary N) is 2. The Morgan fingerprint density at radius 2 is 1.89 bits per heavy atom. The monoisotopic (exact) mass is 292 g/mol. The van der Waals surface area contributed by atoms with Gasteiger partial charge in [0.25, 0.3) is 10.2 Å². The van der Waals surface area contributed by atoms with Gasteiger partial charge < -0.3 is 11.1 Å². The van der Waals surface area contributed by atoms with Crippen LogP contribution in [0.25, 0.3) is 0 Å². The van der Waals surface area contributed by atoms with E-state index in [1.165, 1.54) is 4.31 Å². The minimum Gasteiger partial charge on any atom is -0.369 e. The van der Waals surface area contributed by atoms with E-state index in [9.17, 15) is 13.2 Å². The highest BCUT2D eigenvalue weighted by Crippen LogP contribution is 2.16. The molecule has 0 aliphatic carbocycles. The summed E-state index contributed by atoms with van der Waals surface area (Å²) in [6, 6.07) is -0.186. The first-order valence-corrected chi connectivity index (χ1v) is 7.85. The third kappa shape index (κ3) is 5.43. The summed E-state index contributed by atoms with van der Waals surface area (Å²) in [6.07, 6.45) is 1.36. The third-order valence-electron chi connectivity index (χ3n) is 2.77. The van der Waals surface area contributed by atoms with E-state index in [1.54, 1.807) is 20.8 Å². The van der Waals surface area contributed by atoms with E-state index < -0.39 is 21.7 Å². The summed E-state index contributed by atoms with van der Waals surface area (Å²) < 4.78 is 28.5.